The van der Waals surface area contributed by atoms with Crippen molar-refractivity contribution in [2.75, 3.05) is 21.3 Å². The molecule has 0 aromatic heterocycles. The number of benzene rings is 2. The van der Waals surface area contributed by atoms with Gasteiger partial charge in [-0.2, -0.15) is 0 Å². The molecule has 0 saturated heterocycles. The van der Waals surface area contributed by atoms with Crippen LogP contribution in [0.1, 0.15) is 5.56 Å². The Morgan fingerprint density at radius 2 is 1.35 bits per heavy atom. The zero-order valence-electron chi connectivity index (χ0n) is 13.2. The molecule has 7 heteroatoms. The molecule has 0 fully saturated rings. The van der Waals surface area contributed by atoms with E-state index in [9.17, 15) is 8.42 Å². The first-order valence-electron chi connectivity index (χ1n) is 6.84. The van der Waals surface area contributed by atoms with Crippen LogP contribution in [0.25, 0.3) is 0 Å². The highest BCUT2D eigenvalue weighted by Gasteiger charge is 2.14. The van der Waals surface area contributed by atoms with Crippen molar-refractivity contribution in [1.29, 1.82) is 0 Å². The van der Waals surface area contributed by atoms with E-state index in [4.69, 9.17) is 14.2 Å². The van der Waals surface area contributed by atoms with E-state index < -0.39 is 10.0 Å². The third kappa shape index (κ3) is 4.37. The standard InChI is InChI=1S/C16H19NO5S/c1-20-13-4-6-16(7-5-13)23(18,19)17-11-12-8-14(21-2)10-15(9-12)22-3/h4-10,17H,11H2,1-3H3. The van der Waals surface area contributed by atoms with E-state index in [1.807, 2.05) is 0 Å². The van der Waals surface area contributed by atoms with E-state index >= 15 is 0 Å². The number of sulfonamides is 1. The quantitative estimate of drug-likeness (QED) is 0.838. The van der Waals surface area contributed by atoms with Gasteiger partial charge in [0, 0.05) is 12.6 Å². The van der Waals surface area contributed by atoms with Crippen molar-refractivity contribution in [2.24, 2.45) is 0 Å². The predicted octanol–water partition coefficient (Wildman–Crippen LogP) is 2.19. The summed E-state index contributed by atoms with van der Waals surface area (Å²) in [5.41, 5.74) is 0.735. The number of hydrogen-bond donors (Lipinski definition) is 1. The molecule has 0 aliphatic heterocycles. The van der Waals surface area contributed by atoms with Crippen LogP contribution in [-0.4, -0.2) is 29.7 Å². The molecule has 1 N–H and O–H groups in total. The summed E-state index contributed by atoms with van der Waals surface area (Å²) < 4.78 is 42.5. The van der Waals surface area contributed by atoms with Crippen molar-refractivity contribution in [3.05, 3.63) is 48.0 Å². The number of methoxy groups -OCH3 is 3. The smallest absolute Gasteiger partial charge is 0.240 e. The highest BCUT2D eigenvalue weighted by molar-refractivity contribution is 7.89. The SMILES string of the molecule is COc1ccc(S(=O)(=O)NCc2cc(OC)cc(OC)c2)cc1. The van der Waals surface area contributed by atoms with Crippen LogP contribution in [-0.2, 0) is 16.6 Å². The van der Waals surface area contributed by atoms with Gasteiger partial charge in [0.15, 0.2) is 0 Å². The third-order valence-corrected chi connectivity index (χ3v) is 4.66. The summed E-state index contributed by atoms with van der Waals surface area (Å²) in [6.07, 6.45) is 0. The van der Waals surface area contributed by atoms with Crippen LogP contribution < -0.4 is 18.9 Å². The second kappa shape index (κ2) is 7.34. The number of hydrogen-bond acceptors (Lipinski definition) is 5. The molecule has 23 heavy (non-hydrogen) atoms. The van der Waals surface area contributed by atoms with Crippen molar-refractivity contribution >= 4 is 10.0 Å². The van der Waals surface area contributed by atoms with Crippen molar-refractivity contribution in [2.45, 2.75) is 11.4 Å². The minimum Gasteiger partial charge on any atom is -0.497 e. The van der Waals surface area contributed by atoms with Crippen LogP contribution in [0.15, 0.2) is 47.4 Å². The van der Waals surface area contributed by atoms with Crippen LogP contribution in [0.4, 0.5) is 0 Å². The maximum absolute atomic E-state index is 12.3. The summed E-state index contributed by atoms with van der Waals surface area (Å²) in [5.74, 6) is 1.80. The molecule has 2 aromatic carbocycles. The van der Waals surface area contributed by atoms with Crippen LogP contribution in [0.3, 0.4) is 0 Å². The molecule has 124 valence electrons. The van der Waals surface area contributed by atoms with E-state index in [0.29, 0.717) is 17.2 Å². The molecule has 0 aliphatic carbocycles. The summed E-state index contributed by atoms with van der Waals surface area (Å²) in [7, 11) is 0.999. The summed E-state index contributed by atoms with van der Waals surface area (Å²) >= 11 is 0. The lowest BCUT2D eigenvalue weighted by Crippen LogP contribution is -2.23. The zero-order chi connectivity index (χ0) is 16.9. The molecule has 0 amide bonds. The topological polar surface area (TPSA) is 73.9 Å². The summed E-state index contributed by atoms with van der Waals surface area (Å²) in [5, 5.41) is 0. The van der Waals surface area contributed by atoms with Gasteiger partial charge in [0.05, 0.1) is 26.2 Å². The Bertz CT molecular complexity index is 734. The molecule has 0 radical (unpaired) electrons. The van der Waals surface area contributed by atoms with Crippen LogP contribution >= 0.6 is 0 Å². The van der Waals surface area contributed by atoms with E-state index in [2.05, 4.69) is 4.72 Å². The maximum atomic E-state index is 12.3. The Morgan fingerprint density at radius 3 is 1.83 bits per heavy atom. The molecule has 0 bridgehead atoms. The van der Waals surface area contributed by atoms with Crippen molar-refractivity contribution in [3.8, 4) is 17.2 Å². The molecule has 0 saturated carbocycles. The molecule has 0 spiro atoms. The number of nitrogens with one attached hydrogen (secondary N) is 1. The van der Waals surface area contributed by atoms with Crippen LogP contribution in [0.5, 0.6) is 17.2 Å². The lowest BCUT2D eigenvalue weighted by atomic mass is 10.2. The Hall–Kier alpha value is -2.25. The average molecular weight is 337 g/mol. The van der Waals surface area contributed by atoms with Crippen molar-refractivity contribution in [1.82, 2.24) is 4.72 Å². The minimum absolute atomic E-state index is 0.127. The van der Waals surface area contributed by atoms with Gasteiger partial charge in [-0.05, 0) is 42.0 Å². The third-order valence-electron chi connectivity index (χ3n) is 3.25. The maximum Gasteiger partial charge on any atom is 0.240 e. The molecule has 2 aromatic rings. The van der Waals surface area contributed by atoms with E-state index in [0.717, 1.165) is 5.56 Å². The molecule has 2 rings (SSSR count). The van der Waals surface area contributed by atoms with Gasteiger partial charge in [-0.15, -0.1) is 0 Å². The fraction of sp³-hybridized carbons (Fsp3) is 0.250. The lowest BCUT2D eigenvalue weighted by molar-refractivity contribution is 0.393. The predicted molar refractivity (Wildman–Crippen MR) is 86.6 cm³/mol. The normalized spacial score (nSPS) is 11.1. The first-order valence-corrected chi connectivity index (χ1v) is 8.32. The van der Waals surface area contributed by atoms with Gasteiger partial charge in [-0.3, -0.25) is 0 Å². The Labute approximate surface area is 136 Å². The van der Waals surface area contributed by atoms with Crippen molar-refractivity contribution < 1.29 is 22.6 Å². The lowest BCUT2D eigenvalue weighted by Gasteiger charge is -2.10. The Balaban J connectivity index is 2.15. The average Bonchev–Trinajstić information content (AvgIpc) is 2.59. The van der Waals surface area contributed by atoms with Crippen LogP contribution in [0.2, 0.25) is 0 Å². The molecule has 0 heterocycles. The molecule has 6 nitrogen and oxygen atoms in total. The van der Waals surface area contributed by atoms with E-state index in [1.54, 1.807) is 44.6 Å². The van der Waals surface area contributed by atoms with Crippen molar-refractivity contribution in [3.63, 3.8) is 0 Å². The highest BCUT2D eigenvalue weighted by atomic mass is 32.2. The second-order valence-electron chi connectivity index (χ2n) is 4.72. The van der Waals surface area contributed by atoms with Gasteiger partial charge in [-0.1, -0.05) is 0 Å². The van der Waals surface area contributed by atoms with Crippen LogP contribution in [0, 0.1) is 0 Å². The molecular formula is C16H19NO5S. The Kier molecular flexibility index (Phi) is 5.46. The zero-order valence-corrected chi connectivity index (χ0v) is 14.0. The largest absolute Gasteiger partial charge is 0.497 e. The first-order chi connectivity index (χ1) is 11.0. The van der Waals surface area contributed by atoms with Gasteiger partial charge < -0.3 is 14.2 Å². The summed E-state index contributed by atoms with van der Waals surface area (Å²) in [6, 6.07) is 11.4. The molecule has 0 atom stereocenters. The molecule has 0 aliphatic rings. The van der Waals surface area contributed by atoms with E-state index in [1.165, 1.54) is 19.2 Å². The van der Waals surface area contributed by atoms with Gasteiger partial charge in [0.25, 0.3) is 0 Å². The minimum atomic E-state index is -3.61. The van der Waals surface area contributed by atoms with Gasteiger partial charge in [0.2, 0.25) is 10.0 Å². The van der Waals surface area contributed by atoms with Gasteiger partial charge in [0.1, 0.15) is 17.2 Å². The molecular weight excluding hydrogens is 318 g/mol. The fourth-order valence-electron chi connectivity index (χ4n) is 1.98. The summed E-state index contributed by atoms with van der Waals surface area (Å²) in [6.45, 7) is 0.127. The fourth-order valence-corrected chi connectivity index (χ4v) is 3.00. The monoisotopic (exact) mass is 337 g/mol. The number of rotatable bonds is 7. The van der Waals surface area contributed by atoms with Gasteiger partial charge in [-0.25, -0.2) is 13.1 Å². The Morgan fingerprint density at radius 1 is 0.826 bits per heavy atom. The number of ether oxygens (including phenoxy) is 3. The van der Waals surface area contributed by atoms with Gasteiger partial charge >= 0.3 is 0 Å². The van der Waals surface area contributed by atoms with E-state index in [-0.39, 0.29) is 11.4 Å². The first kappa shape index (κ1) is 17.1. The highest BCUT2D eigenvalue weighted by Crippen LogP contribution is 2.23. The second-order valence-corrected chi connectivity index (χ2v) is 6.49. The summed E-state index contributed by atoms with van der Waals surface area (Å²) in [4.78, 5) is 0.174. The molecule has 0 unspecified atom stereocenters.